The largest absolute Gasteiger partial charge is 0.488 e. The number of piperidine rings is 2. The summed E-state index contributed by atoms with van der Waals surface area (Å²) in [5.41, 5.74) is 6.38. The van der Waals surface area contributed by atoms with Gasteiger partial charge in [0.1, 0.15) is 17.9 Å². The first-order chi connectivity index (χ1) is 19.9. The number of benzene rings is 2. The average Bonchev–Trinajstić information content (AvgIpc) is 3.59. The van der Waals surface area contributed by atoms with Crippen LogP contribution in [0.2, 0.25) is 0 Å². The number of rotatable bonds is 8. The maximum atomic E-state index is 13.1. The van der Waals surface area contributed by atoms with E-state index in [4.69, 9.17) is 4.74 Å². The Morgan fingerprint density at radius 3 is 2.49 bits per heavy atom. The predicted octanol–water partition coefficient (Wildman–Crippen LogP) is 5.72. The second-order valence-corrected chi connectivity index (χ2v) is 13.0. The van der Waals surface area contributed by atoms with E-state index in [9.17, 15) is 14.7 Å². The van der Waals surface area contributed by atoms with Gasteiger partial charge in [-0.3, -0.25) is 14.5 Å². The number of hydrogen-bond acceptors (Lipinski definition) is 6. The van der Waals surface area contributed by atoms with E-state index in [0.717, 1.165) is 92.0 Å². The number of ether oxygens (including phenoxy) is 1. The number of hydrogen-bond donors (Lipinski definition) is 2. The molecule has 3 aliphatic heterocycles. The molecule has 1 amide bonds. The summed E-state index contributed by atoms with van der Waals surface area (Å²) in [5, 5.41) is 15.6. The molecule has 3 fully saturated rings. The van der Waals surface area contributed by atoms with Crippen LogP contribution in [0, 0.1) is 24.7 Å². The van der Waals surface area contributed by atoms with Crippen LogP contribution in [0.15, 0.2) is 41.8 Å². The Kier molecular flexibility index (Phi) is 8.31. The normalized spacial score (nSPS) is 26.0. The lowest BCUT2D eigenvalue weighted by atomic mass is 9.85. The fourth-order valence-corrected chi connectivity index (χ4v) is 8.15. The third-order valence-corrected chi connectivity index (χ3v) is 10.4. The van der Waals surface area contributed by atoms with Gasteiger partial charge in [0.15, 0.2) is 0 Å². The van der Waals surface area contributed by atoms with E-state index in [1.807, 2.05) is 17.0 Å². The van der Waals surface area contributed by atoms with Crippen molar-refractivity contribution in [2.24, 2.45) is 17.8 Å². The molecule has 2 aromatic rings. The first kappa shape index (κ1) is 28.2. The molecule has 2 saturated heterocycles. The zero-order valence-corrected chi connectivity index (χ0v) is 24.9. The van der Waals surface area contributed by atoms with Crippen LogP contribution in [0.3, 0.4) is 0 Å². The molecule has 1 aliphatic carbocycles. The van der Waals surface area contributed by atoms with Crippen LogP contribution in [0.1, 0.15) is 71.6 Å². The van der Waals surface area contributed by atoms with E-state index in [1.165, 1.54) is 12.0 Å². The van der Waals surface area contributed by atoms with Gasteiger partial charge in [-0.05, 0) is 98.1 Å². The Morgan fingerprint density at radius 2 is 1.78 bits per heavy atom. The number of fused-ring (bicyclic) bond motifs is 2. The van der Waals surface area contributed by atoms with Crippen molar-refractivity contribution in [2.45, 2.75) is 64.5 Å². The fourth-order valence-electron chi connectivity index (χ4n) is 7.15. The van der Waals surface area contributed by atoms with Crippen molar-refractivity contribution >= 4 is 29.3 Å². The molecule has 8 heteroatoms. The summed E-state index contributed by atoms with van der Waals surface area (Å²) in [6, 6.07) is 12.3. The summed E-state index contributed by atoms with van der Waals surface area (Å²) in [5.74, 6) is 0.635. The smallest absolute Gasteiger partial charge is 0.307 e. The lowest BCUT2D eigenvalue weighted by molar-refractivity contribution is -0.146. The summed E-state index contributed by atoms with van der Waals surface area (Å²) in [7, 11) is 0. The zero-order valence-electron chi connectivity index (χ0n) is 24.1. The van der Waals surface area contributed by atoms with Gasteiger partial charge in [-0.1, -0.05) is 36.4 Å². The van der Waals surface area contributed by atoms with Gasteiger partial charge in [0.05, 0.1) is 11.6 Å². The Labute approximate surface area is 247 Å². The van der Waals surface area contributed by atoms with E-state index < -0.39 is 5.97 Å². The highest BCUT2D eigenvalue weighted by molar-refractivity contribution is 8.03. The number of carbonyl (C=O) groups is 2. The van der Waals surface area contributed by atoms with E-state index in [1.54, 1.807) is 11.8 Å². The number of nitrogens with one attached hydrogen (secondary N) is 1. The van der Waals surface area contributed by atoms with Crippen LogP contribution in [0.5, 0.6) is 5.75 Å². The summed E-state index contributed by atoms with van der Waals surface area (Å²) >= 11 is 1.76. The molecule has 2 aromatic carbocycles. The highest BCUT2D eigenvalue weighted by Gasteiger charge is 2.47. The number of carboxylic acids is 1. The standard InChI is InChI=1S/C33H41N3O4S/c1-3-22-16-23(31(37)35-13-5-4-6-14-35)8-11-26(22)19-40-29-12-7-21(2)15-27(29)28-20-41-33(34-28)36-17-24-9-10-25(18-36)30(24)32(38)39/h7-8,11-12,15-16,20,24-25,30,33-34H,3-6,9-10,13-14,17-19H2,1-2H3,(H,38,39). The summed E-state index contributed by atoms with van der Waals surface area (Å²) in [6.07, 6.45) is 6.25. The van der Waals surface area contributed by atoms with E-state index in [0.29, 0.717) is 6.61 Å². The number of carbonyl (C=O) groups excluding carboxylic acids is 1. The van der Waals surface area contributed by atoms with Gasteiger partial charge in [0.2, 0.25) is 0 Å². The number of likely N-dealkylation sites (tertiary alicyclic amines) is 2. The van der Waals surface area contributed by atoms with E-state index >= 15 is 0 Å². The predicted molar refractivity (Wildman–Crippen MR) is 162 cm³/mol. The lowest BCUT2D eigenvalue weighted by Gasteiger charge is -2.39. The molecule has 218 valence electrons. The highest BCUT2D eigenvalue weighted by Crippen LogP contribution is 2.44. The van der Waals surface area contributed by atoms with Gasteiger partial charge >= 0.3 is 5.97 Å². The molecule has 3 unspecified atom stereocenters. The minimum atomic E-state index is -0.626. The van der Waals surface area contributed by atoms with Crippen molar-refractivity contribution < 1.29 is 19.4 Å². The van der Waals surface area contributed by atoms with Crippen LogP contribution >= 0.6 is 11.8 Å². The van der Waals surface area contributed by atoms with Gasteiger partial charge in [-0.25, -0.2) is 0 Å². The second kappa shape index (κ2) is 12.1. The van der Waals surface area contributed by atoms with Crippen molar-refractivity contribution in [3.63, 3.8) is 0 Å². The first-order valence-corrected chi connectivity index (χ1v) is 16.1. The number of amides is 1. The van der Waals surface area contributed by atoms with Gasteiger partial charge in [-0.2, -0.15) is 0 Å². The topological polar surface area (TPSA) is 82.1 Å². The van der Waals surface area contributed by atoms with Gasteiger partial charge < -0.3 is 20.1 Å². The summed E-state index contributed by atoms with van der Waals surface area (Å²) in [6.45, 7) is 8.01. The minimum Gasteiger partial charge on any atom is -0.488 e. The minimum absolute atomic E-state index is 0.105. The SMILES string of the molecule is CCc1cc(C(=O)N2CCCCC2)ccc1COc1ccc(C)cc1C1=CSC(N2CC3CCC(C2)C3C(=O)O)N1. The quantitative estimate of drug-likeness (QED) is 0.416. The number of nitrogens with zero attached hydrogens (tertiary/aromatic N) is 2. The van der Waals surface area contributed by atoms with Gasteiger partial charge in [0, 0.05) is 37.3 Å². The van der Waals surface area contributed by atoms with E-state index in [2.05, 4.69) is 53.7 Å². The molecule has 3 atom stereocenters. The van der Waals surface area contributed by atoms with Crippen molar-refractivity contribution in [3.05, 3.63) is 69.6 Å². The maximum absolute atomic E-state index is 13.1. The first-order valence-electron chi connectivity index (χ1n) is 15.1. The van der Waals surface area contributed by atoms with Crippen LogP contribution in [-0.2, 0) is 17.8 Å². The van der Waals surface area contributed by atoms with Gasteiger partial charge in [-0.15, -0.1) is 0 Å². The number of aliphatic carboxylic acids is 1. The molecule has 4 aliphatic rings. The van der Waals surface area contributed by atoms with Crippen LogP contribution in [0.4, 0.5) is 0 Å². The molecular formula is C33H41N3O4S. The molecule has 2 bridgehead atoms. The molecule has 3 heterocycles. The fraction of sp³-hybridized carbons (Fsp3) is 0.515. The van der Waals surface area contributed by atoms with Crippen LogP contribution < -0.4 is 10.1 Å². The lowest BCUT2D eigenvalue weighted by Crippen LogP contribution is -2.51. The summed E-state index contributed by atoms with van der Waals surface area (Å²) in [4.78, 5) is 29.3. The van der Waals surface area contributed by atoms with Crippen molar-refractivity contribution in [1.82, 2.24) is 15.1 Å². The Balaban J connectivity index is 1.13. The molecule has 0 radical (unpaired) electrons. The number of carboxylic acid groups (broad SMARTS) is 1. The molecule has 2 N–H and O–H groups in total. The van der Waals surface area contributed by atoms with Crippen LogP contribution in [-0.4, -0.2) is 58.5 Å². The van der Waals surface area contributed by atoms with Crippen molar-refractivity contribution in [1.29, 1.82) is 0 Å². The number of thioether (sulfide) groups is 1. The molecule has 0 aromatic heterocycles. The molecule has 7 nitrogen and oxygen atoms in total. The molecule has 1 saturated carbocycles. The Morgan fingerprint density at radius 1 is 1.02 bits per heavy atom. The monoisotopic (exact) mass is 575 g/mol. The molecule has 0 spiro atoms. The molecule has 6 rings (SSSR count). The Hall–Kier alpha value is -2.97. The molecule has 41 heavy (non-hydrogen) atoms. The van der Waals surface area contributed by atoms with E-state index in [-0.39, 0.29) is 29.2 Å². The number of aryl methyl sites for hydroxylation is 2. The maximum Gasteiger partial charge on any atom is 0.307 e. The van der Waals surface area contributed by atoms with Crippen molar-refractivity contribution in [3.8, 4) is 5.75 Å². The highest BCUT2D eigenvalue weighted by atomic mass is 32.2. The zero-order chi connectivity index (χ0) is 28.5. The third kappa shape index (κ3) is 5.86. The van der Waals surface area contributed by atoms with Crippen molar-refractivity contribution in [2.75, 3.05) is 26.2 Å². The third-order valence-electron chi connectivity index (χ3n) is 9.36. The average molecular weight is 576 g/mol. The summed E-state index contributed by atoms with van der Waals surface area (Å²) < 4.78 is 6.45. The molecular weight excluding hydrogens is 534 g/mol. The van der Waals surface area contributed by atoms with Gasteiger partial charge in [0.25, 0.3) is 5.91 Å². The Bertz CT molecular complexity index is 1320. The second-order valence-electron chi connectivity index (χ2n) is 12.1. The van der Waals surface area contributed by atoms with Crippen LogP contribution in [0.25, 0.3) is 5.70 Å².